The van der Waals surface area contributed by atoms with Crippen LogP contribution in [0.2, 0.25) is 0 Å². The minimum atomic E-state index is 0.838. The molecule has 0 radical (unpaired) electrons. The zero-order chi connectivity index (χ0) is 33.5. The summed E-state index contributed by atoms with van der Waals surface area (Å²) in [7, 11) is 0. The SMILES string of the molecule is c1ccc(-n2c3ccccc3c3c2c2oc4ccccc4c2c2c4ccccc4n(-c4ccccc4-c4cccc(-c5ccccn5)n4)c23)cc1. The summed E-state index contributed by atoms with van der Waals surface area (Å²) in [6.45, 7) is 0. The summed E-state index contributed by atoms with van der Waals surface area (Å²) in [6.07, 6.45) is 1.81. The van der Waals surface area contributed by atoms with E-state index < -0.39 is 0 Å². The van der Waals surface area contributed by atoms with E-state index in [1.807, 2.05) is 30.5 Å². The molecule has 0 aliphatic carbocycles. The Bertz CT molecular complexity index is 3130. The number of hydrogen-bond donors (Lipinski definition) is 0. The molecule has 0 unspecified atom stereocenters. The Morgan fingerprint density at radius 1 is 0.431 bits per heavy atom. The fraction of sp³-hybridized carbons (Fsp3) is 0. The van der Waals surface area contributed by atoms with Gasteiger partial charge in [-0.25, -0.2) is 4.98 Å². The van der Waals surface area contributed by atoms with Gasteiger partial charge in [0, 0.05) is 49.8 Å². The van der Waals surface area contributed by atoms with Crippen LogP contribution in [0.4, 0.5) is 0 Å². The van der Waals surface area contributed by atoms with Crippen molar-refractivity contribution in [1.29, 1.82) is 0 Å². The lowest BCUT2D eigenvalue weighted by molar-refractivity contribution is 0.671. The van der Waals surface area contributed by atoms with Crippen molar-refractivity contribution in [2.45, 2.75) is 0 Å². The molecule has 0 fully saturated rings. The number of nitrogens with zero attached hydrogens (tertiary/aromatic N) is 4. The van der Waals surface area contributed by atoms with Crippen LogP contribution in [0.1, 0.15) is 0 Å². The molecule has 5 nitrogen and oxygen atoms in total. The monoisotopic (exact) mass is 652 g/mol. The predicted octanol–water partition coefficient (Wildman–Crippen LogP) is 11.9. The molecule has 5 heterocycles. The predicted molar refractivity (Wildman–Crippen MR) is 209 cm³/mol. The minimum Gasteiger partial charge on any atom is -0.454 e. The van der Waals surface area contributed by atoms with Gasteiger partial charge in [0.25, 0.3) is 0 Å². The van der Waals surface area contributed by atoms with Gasteiger partial charge in [-0.05, 0) is 60.7 Å². The van der Waals surface area contributed by atoms with Crippen molar-refractivity contribution < 1.29 is 4.42 Å². The van der Waals surface area contributed by atoms with Gasteiger partial charge < -0.3 is 13.6 Å². The van der Waals surface area contributed by atoms with Crippen LogP contribution >= 0.6 is 0 Å². The summed E-state index contributed by atoms with van der Waals surface area (Å²) in [5.41, 5.74) is 12.0. The largest absolute Gasteiger partial charge is 0.454 e. The molecule has 5 heteroatoms. The van der Waals surface area contributed by atoms with E-state index in [4.69, 9.17) is 9.40 Å². The molecule has 0 atom stereocenters. The zero-order valence-corrected chi connectivity index (χ0v) is 27.4. The van der Waals surface area contributed by atoms with E-state index in [0.29, 0.717) is 0 Å². The molecule has 5 aromatic heterocycles. The van der Waals surface area contributed by atoms with E-state index in [9.17, 15) is 0 Å². The van der Waals surface area contributed by atoms with Crippen LogP contribution in [-0.2, 0) is 0 Å². The van der Waals surface area contributed by atoms with Gasteiger partial charge in [-0.15, -0.1) is 0 Å². The highest BCUT2D eigenvalue weighted by molar-refractivity contribution is 6.39. The van der Waals surface area contributed by atoms with Gasteiger partial charge in [0.15, 0.2) is 5.58 Å². The molecule has 6 aromatic carbocycles. The van der Waals surface area contributed by atoms with Crippen LogP contribution in [-0.4, -0.2) is 19.1 Å². The zero-order valence-electron chi connectivity index (χ0n) is 27.4. The van der Waals surface area contributed by atoms with E-state index in [1.54, 1.807) is 0 Å². The lowest BCUT2D eigenvalue weighted by Gasteiger charge is -2.15. The number of aromatic nitrogens is 4. The summed E-state index contributed by atoms with van der Waals surface area (Å²) < 4.78 is 11.8. The first kappa shape index (κ1) is 27.9. The lowest BCUT2D eigenvalue weighted by atomic mass is 10.0. The van der Waals surface area contributed by atoms with Crippen molar-refractivity contribution in [2.75, 3.05) is 0 Å². The smallest absolute Gasteiger partial charge is 0.160 e. The number of benzene rings is 6. The molecule has 0 aliphatic heterocycles. The number of hydrogen-bond acceptors (Lipinski definition) is 3. The number of pyridine rings is 2. The molecule has 0 saturated heterocycles. The van der Waals surface area contributed by atoms with E-state index in [-0.39, 0.29) is 0 Å². The van der Waals surface area contributed by atoms with Crippen molar-refractivity contribution in [1.82, 2.24) is 19.1 Å². The summed E-state index contributed by atoms with van der Waals surface area (Å²) >= 11 is 0. The van der Waals surface area contributed by atoms with Crippen LogP contribution in [0.5, 0.6) is 0 Å². The fourth-order valence-corrected chi connectivity index (χ4v) is 8.11. The van der Waals surface area contributed by atoms with Gasteiger partial charge in [-0.3, -0.25) is 4.98 Å². The molecular formula is C46H28N4O. The van der Waals surface area contributed by atoms with Crippen LogP contribution in [0.15, 0.2) is 174 Å². The molecule has 0 aliphatic rings. The summed E-state index contributed by atoms with van der Waals surface area (Å²) in [4.78, 5) is 9.79. The average Bonchev–Trinajstić information content (AvgIpc) is 3.87. The Balaban J connectivity index is 1.37. The van der Waals surface area contributed by atoms with Crippen LogP contribution < -0.4 is 0 Å². The summed E-state index contributed by atoms with van der Waals surface area (Å²) in [5, 5.41) is 6.89. The Labute approximate surface area is 292 Å². The number of fused-ring (bicyclic) bond motifs is 12. The van der Waals surface area contributed by atoms with Crippen molar-refractivity contribution >= 4 is 65.6 Å². The number of furan rings is 1. The molecule has 11 aromatic rings. The van der Waals surface area contributed by atoms with Gasteiger partial charge in [-0.1, -0.05) is 103 Å². The van der Waals surface area contributed by atoms with Crippen LogP contribution in [0, 0.1) is 0 Å². The highest BCUT2D eigenvalue weighted by atomic mass is 16.3. The van der Waals surface area contributed by atoms with Gasteiger partial charge in [0.05, 0.1) is 44.8 Å². The van der Waals surface area contributed by atoms with Crippen molar-refractivity contribution in [3.63, 3.8) is 0 Å². The van der Waals surface area contributed by atoms with E-state index in [0.717, 1.165) is 83.4 Å². The van der Waals surface area contributed by atoms with Gasteiger partial charge in [0.1, 0.15) is 5.58 Å². The van der Waals surface area contributed by atoms with E-state index >= 15 is 0 Å². The van der Waals surface area contributed by atoms with Gasteiger partial charge >= 0.3 is 0 Å². The number of para-hydroxylation sites is 5. The third kappa shape index (κ3) is 3.97. The maximum Gasteiger partial charge on any atom is 0.160 e. The Hall–Kier alpha value is -6.98. The highest BCUT2D eigenvalue weighted by Crippen LogP contribution is 2.50. The molecule has 238 valence electrons. The molecule has 0 bridgehead atoms. The maximum absolute atomic E-state index is 6.93. The minimum absolute atomic E-state index is 0.838. The van der Waals surface area contributed by atoms with Gasteiger partial charge in [-0.2, -0.15) is 0 Å². The first-order chi connectivity index (χ1) is 25.3. The second-order valence-electron chi connectivity index (χ2n) is 12.9. The molecule has 51 heavy (non-hydrogen) atoms. The normalized spacial score (nSPS) is 11.9. The average molecular weight is 653 g/mol. The van der Waals surface area contributed by atoms with Crippen LogP contribution in [0.3, 0.4) is 0 Å². The highest BCUT2D eigenvalue weighted by Gasteiger charge is 2.28. The third-order valence-electron chi connectivity index (χ3n) is 10.2. The second kappa shape index (κ2) is 10.8. The second-order valence-corrected chi connectivity index (χ2v) is 12.9. The molecular weight excluding hydrogens is 625 g/mol. The maximum atomic E-state index is 6.93. The van der Waals surface area contributed by atoms with E-state index in [1.165, 1.54) is 16.2 Å². The van der Waals surface area contributed by atoms with Crippen molar-refractivity contribution in [2.24, 2.45) is 0 Å². The quantitative estimate of drug-likeness (QED) is 0.190. The number of rotatable bonds is 4. The first-order valence-corrected chi connectivity index (χ1v) is 17.2. The molecule has 0 saturated carbocycles. The fourth-order valence-electron chi connectivity index (χ4n) is 8.11. The molecule has 0 N–H and O–H groups in total. The summed E-state index contributed by atoms with van der Waals surface area (Å²) in [6, 6.07) is 57.3. The molecule has 11 rings (SSSR count). The Kier molecular flexibility index (Phi) is 5.89. The Morgan fingerprint density at radius 3 is 1.90 bits per heavy atom. The Morgan fingerprint density at radius 2 is 1.08 bits per heavy atom. The van der Waals surface area contributed by atoms with Crippen LogP contribution in [0.25, 0.3) is 99.6 Å². The lowest BCUT2D eigenvalue weighted by Crippen LogP contribution is -1.99. The van der Waals surface area contributed by atoms with E-state index in [2.05, 4.69) is 154 Å². The van der Waals surface area contributed by atoms with Crippen molar-refractivity contribution in [3.05, 3.63) is 170 Å². The first-order valence-electron chi connectivity index (χ1n) is 17.2. The third-order valence-corrected chi connectivity index (χ3v) is 10.2. The van der Waals surface area contributed by atoms with Crippen molar-refractivity contribution in [3.8, 4) is 34.0 Å². The topological polar surface area (TPSA) is 48.8 Å². The molecule has 0 amide bonds. The van der Waals surface area contributed by atoms with Gasteiger partial charge in [0.2, 0.25) is 0 Å². The molecule has 0 spiro atoms. The standard InChI is InChI=1S/C46H28N4O/c1-2-15-29(16-3-1)49-38-25-9-6-19-32(38)43-44-41(42-33-20-7-11-27-40(33)51-46(42)45(43)49)31-18-5-10-26-39(31)50(44)37-24-8-4-17-30(37)34-22-14-23-36(48-34)35-21-12-13-28-47-35/h1-28H. The summed E-state index contributed by atoms with van der Waals surface area (Å²) in [5.74, 6) is 0.